The predicted molar refractivity (Wildman–Crippen MR) is 88.0 cm³/mol. The highest BCUT2D eigenvalue weighted by atomic mass is 16.3. The number of fused-ring (bicyclic) bond motifs is 1. The number of anilines is 1. The van der Waals surface area contributed by atoms with E-state index in [1.54, 1.807) is 0 Å². The Morgan fingerprint density at radius 3 is 2.73 bits per heavy atom. The van der Waals surface area contributed by atoms with Gasteiger partial charge in [0.1, 0.15) is 0 Å². The van der Waals surface area contributed by atoms with E-state index in [2.05, 4.69) is 25.7 Å². The van der Waals surface area contributed by atoms with Crippen molar-refractivity contribution < 1.29 is 10.2 Å². The van der Waals surface area contributed by atoms with Gasteiger partial charge >= 0.3 is 0 Å². The van der Waals surface area contributed by atoms with E-state index in [0.717, 1.165) is 23.5 Å². The number of β-amino-alcohol motifs (C(OH)–C–C–N with tert-alkyl or cyclic N) is 1. The van der Waals surface area contributed by atoms with Crippen LogP contribution in [-0.4, -0.2) is 45.1 Å². The summed E-state index contributed by atoms with van der Waals surface area (Å²) < 4.78 is 2.05. The molecule has 2 atom stereocenters. The zero-order chi connectivity index (χ0) is 15.9. The van der Waals surface area contributed by atoms with Crippen LogP contribution in [0.2, 0.25) is 0 Å². The van der Waals surface area contributed by atoms with Crippen molar-refractivity contribution in [2.75, 3.05) is 24.6 Å². The SMILES string of the molecule is CC(C)[C@@]1(O)CN(c2nc3ccccc3n2CCO)C[C@@H]1C. The van der Waals surface area contributed by atoms with E-state index in [1.165, 1.54) is 0 Å². The average Bonchev–Trinajstić information content (AvgIpc) is 3.00. The average molecular weight is 303 g/mol. The van der Waals surface area contributed by atoms with Gasteiger partial charge in [-0.1, -0.05) is 32.9 Å². The van der Waals surface area contributed by atoms with Gasteiger partial charge < -0.3 is 19.7 Å². The predicted octanol–water partition coefficient (Wildman–Crippen LogP) is 1.87. The third-order valence-corrected chi connectivity index (χ3v) is 5.03. The van der Waals surface area contributed by atoms with Crippen LogP contribution in [0.5, 0.6) is 0 Å². The number of aromatic nitrogens is 2. The molecular weight excluding hydrogens is 278 g/mol. The lowest BCUT2D eigenvalue weighted by atomic mass is 9.82. The highest BCUT2D eigenvalue weighted by Crippen LogP contribution is 2.36. The molecule has 2 aromatic rings. The lowest BCUT2D eigenvalue weighted by Gasteiger charge is -2.31. The molecule has 1 aromatic carbocycles. The van der Waals surface area contributed by atoms with E-state index in [4.69, 9.17) is 4.98 Å². The zero-order valence-electron chi connectivity index (χ0n) is 13.5. The monoisotopic (exact) mass is 303 g/mol. The first-order valence-corrected chi connectivity index (χ1v) is 8.01. The molecule has 5 heteroatoms. The minimum Gasteiger partial charge on any atom is -0.395 e. The number of nitrogens with zero attached hydrogens (tertiary/aromatic N) is 3. The van der Waals surface area contributed by atoms with Crippen LogP contribution >= 0.6 is 0 Å². The summed E-state index contributed by atoms with van der Waals surface area (Å²) in [7, 11) is 0. The number of hydrogen-bond acceptors (Lipinski definition) is 4. The quantitative estimate of drug-likeness (QED) is 0.905. The van der Waals surface area contributed by atoms with Gasteiger partial charge in [0.2, 0.25) is 5.95 Å². The molecule has 0 amide bonds. The molecule has 1 fully saturated rings. The summed E-state index contributed by atoms with van der Waals surface area (Å²) in [4.78, 5) is 6.89. The van der Waals surface area contributed by atoms with Crippen molar-refractivity contribution >= 4 is 17.0 Å². The normalized spacial score (nSPS) is 25.5. The molecule has 0 unspecified atom stereocenters. The van der Waals surface area contributed by atoms with Crippen LogP contribution in [0, 0.1) is 11.8 Å². The zero-order valence-corrected chi connectivity index (χ0v) is 13.5. The van der Waals surface area contributed by atoms with E-state index in [9.17, 15) is 10.2 Å². The second-order valence-electron chi connectivity index (χ2n) is 6.70. The second kappa shape index (κ2) is 5.56. The summed E-state index contributed by atoms with van der Waals surface area (Å²) in [6.07, 6.45) is 0. The molecule has 1 aliphatic rings. The first kappa shape index (κ1) is 15.3. The van der Waals surface area contributed by atoms with Gasteiger partial charge in [-0.05, 0) is 18.1 Å². The van der Waals surface area contributed by atoms with Crippen LogP contribution in [0.25, 0.3) is 11.0 Å². The molecule has 3 rings (SSSR count). The first-order valence-electron chi connectivity index (χ1n) is 8.01. The number of rotatable bonds is 4. The maximum atomic E-state index is 10.9. The van der Waals surface area contributed by atoms with Crippen LogP contribution in [0.3, 0.4) is 0 Å². The van der Waals surface area contributed by atoms with Gasteiger partial charge in [0.15, 0.2) is 0 Å². The summed E-state index contributed by atoms with van der Waals surface area (Å²) in [5.74, 6) is 1.23. The summed E-state index contributed by atoms with van der Waals surface area (Å²) in [6.45, 7) is 8.18. The standard InChI is InChI=1S/C17H25N3O2/c1-12(2)17(22)11-19(10-13(17)3)16-18-14-6-4-5-7-15(14)20(16)8-9-21/h4-7,12-13,21-22H,8-11H2,1-3H3/t13-,17-/m0/s1. The number of benzene rings is 1. The lowest BCUT2D eigenvalue weighted by molar-refractivity contribution is -0.0187. The minimum atomic E-state index is -0.692. The highest BCUT2D eigenvalue weighted by molar-refractivity contribution is 5.79. The molecular formula is C17H25N3O2. The van der Waals surface area contributed by atoms with Crippen molar-refractivity contribution in [1.82, 2.24) is 9.55 Å². The maximum Gasteiger partial charge on any atom is 0.206 e. The van der Waals surface area contributed by atoms with Gasteiger partial charge in [0.05, 0.1) is 29.8 Å². The fourth-order valence-corrected chi connectivity index (χ4v) is 3.54. The topological polar surface area (TPSA) is 61.5 Å². The molecule has 2 N–H and O–H groups in total. The van der Waals surface area contributed by atoms with Crippen LogP contribution in [0.4, 0.5) is 5.95 Å². The number of imidazole rings is 1. The number of aliphatic hydroxyl groups is 2. The van der Waals surface area contributed by atoms with Crippen molar-refractivity contribution in [2.45, 2.75) is 32.9 Å². The van der Waals surface area contributed by atoms with Gasteiger partial charge in [-0.15, -0.1) is 0 Å². The van der Waals surface area contributed by atoms with E-state index in [-0.39, 0.29) is 18.4 Å². The van der Waals surface area contributed by atoms with Gasteiger partial charge in [-0.3, -0.25) is 0 Å². The molecule has 2 heterocycles. The summed E-state index contributed by atoms with van der Waals surface area (Å²) in [5.41, 5.74) is 1.26. The van der Waals surface area contributed by atoms with Gasteiger partial charge in [-0.25, -0.2) is 4.98 Å². The van der Waals surface area contributed by atoms with E-state index in [1.807, 2.05) is 28.8 Å². The van der Waals surface area contributed by atoms with Crippen LogP contribution in [0.15, 0.2) is 24.3 Å². The molecule has 1 aromatic heterocycles. The van der Waals surface area contributed by atoms with Crippen LogP contribution in [-0.2, 0) is 6.54 Å². The first-order chi connectivity index (χ1) is 10.5. The van der Waals surface area contributed by atoms with E-state index in [0.29, 0.717) is 13.1 Å². The third kappa shape index (κ3) is 2.29. The summed E-state index contributed by atoms with van der Waals surface area (Å²) >= 11 is 0. The molecule has 120 valence electrons. The number of para-hydroxylation sites is 2. The second-order valence-corrected chi connectivity index (χ2v) is 6.70. The van der Waals surface area contributed by atoms with Crippen LogP contribution < -0.4 is 4.90 Å². The fourth-order valence-electron chi connectivity index (χ4n) is 3.54. The molecule has 22 heavy (non-hydrogen) atoms. The number of aliphatic hydroxyl groups excluding tert-OH is 1. The maximum absolute atomic E-state index is 10.9. The van der Waals surface area contributed by atoms with Crippen molar-refractivity contribution in [1.29, 1.82) is 0 Å². The minimum absolute atomic E-state index is 0.0746. The molecule has 0 aliphatic carbocycles. The van der Waals surface area contributed by atoms with Gasteiger partial charge in [0.25, 0.3) is 0 Å². The Balaban J connectivity index is 2.02. The smallest absolute Gasteiger partial charge is 0.206 e. The Kier molecular flexibility index (Phi) is 3.87. The Morgan fingerprint density at radius 1 is 1.36 bits per heavy atom. The Bertz CT molecular complexity index is 667. The molecule has 0 radical (unpaired) electrons. The Hall–Kier alpha value is -1.59. The Morgan fingerprint density at radius 2 is 2.09 bits per heavy atom. The lowest BCUT2D eigenvalue weighted by Crippen LogP contribution is -2.42. The molecule has 1 aliphatic heterocycles. The van der Waals surface area contributed by atoms with Crippen molar-refractivity contribution in [2.24, 2.45) is 11.8 Å². The van der Waals surface area contributed by atoms with E-state index >= 15 is 0 Å². The highest BCUT2D eigenvalue weighted by Gasteiger charge is 2.46. The van der Waals surface area contributed by atoms with Gasteiger partial charge in [-0.2, -0.15) is 0 Å². The molecule has 0 saturated carbocycles. The summed E-state index contributed by atoms with van der Waals surface area (Å²) in [5, 5.41) is 20.3. The van der Waals surface area contributed by atoms with Crippen LogP contribution in [0.1, 0.15) is 20.8 Å². The molecule has 0 spiro atoms. The van der Waals surface area contributed by atoms with Crippen molar-refractivity contribution in [3.8, 4) is 0 Å². The molecule has 0 bridgehead atoms. The van der Waals surface area contributed by atoms with Crippen molar-refractivity contribution in [3.63, 3.8) is 0 Å². The largest absolute Gasteiger partial charge is 0.395 e. The Labute approximate surface area is 131 Å². The van der Waals surface area contributed by atoms with Gasteiger partial charge in [0, 0.05) is 19.0 Å². The molecule has 5 nitrogen and oxygen atoms in total. The van der Waals surface area contributed by atoms with Crippen molar-refractivity contribution in [3.05, 3.63) is 24.3 Å². The molecule has 1 saturated heterocycles. The summed E-state index contributed by atoms with van der Waals surface area (Å²) in [6, 6.07) is 7.97. The fraction of sp³-hybridized carbons (Fsp3) is 0.588. The number of hydrogen-bond donors (Lipinski definition) is 2. The third-order valence-electron chi connectivity index (χ3n) is 5.03. The van der Waals surface area contributed by atoms with E-state index < -0.39 is 5.60 Å².